The van der Waals surface area contributed by atoms with Crippen molar-refractivity contribution in [3.05, 3.63) is 87.3 Å². The van der Waals surface area contributed by atoms with E-state index in [0.717, 1.165) is 11.1 Å². The number of ether oxygens (including phenoxy) is 1. The average Bonchev–Trinajstić information content (AvgIpc) is 3.29. The first-order chi connectivity index (χ1) is 15.2. The van der Waals surface area contributed by atoms with Crippen LogP contribution in [0.15, 0.2) is 58.5 Å². The molecule has 1 N–H and O–H groups in total. The van der Waals surface area contributed by atoms with Gasteiger partial charge in [0.05, 0.1) is 17.7 Å². The molecule has 1 fully saturated rings. The van der Waals surface area contributed by atoms with Crippen LogP contribution in [0.2, 0.25) is 5.02 Å². The molecule has 1 aliphatic heterocycles. The highest BCUT2D eigenvalue weighted by Crippen LogP contribution is 2.44. The number of furan rings is 1. The summed E-state index contributed by atoms with van der Waals surface area (Å²) >= 11 is 6.22. The number of aliphatic hydroxyl groups is 1. The van der Waals surface area contributed by atoms with Gasteiger partial charge in [0.1, 0.15) is 29.1 Å². The summed E-state index contributed by atoms with van der Waals surface area (Å²) < 4.78 is 11.0. The Bertz CT molecular complexity index is 1270. The molecule has 7 heteroatoms. The van der Waals surface area contributed by atoms with Gasteiger partial charge in [0, 0.05) is 11.3 Å². The highest BCUT2D eigenvalue weighted by Gasteiger charge is 2.48. The Hall–Kier alpha value is -3.51. The van der Waals surface area contributed by atoms with Crippen LogP contribution < -0.4 is 9.64 Å². The molecule has 6 nitrogen and oxygen atoms in total. The summed E-state index contributed by atoms with van der Waals surface area (Å²) in [6.07, 6.45) is 0. The third-order valence-corrected chi connectivity index (χ3v) is 5.81. The number of aryl methyl sites for hydroxylation is 3. The van der Waals surface area contributed by atoms with E-state index in [-0.39, 0.29) is 16.4 Å². The van der Waals surface area contributed by atoms with Crippen molar-refractivity contribution in [1.82, 2.24) is 0 Å². The molecule has 1 aromatic heterocycles. The molecule has 164 valence electrons. The molecule has 3 aromatic rings. The highest BCUT2D eigenvalue weighted by atomic mass is 35.5. The molecule has 1 saturated heterocycles. The van der Waals surface area contributed by atoms with Gasteiger partial charge < -0.3 is 14.3 Å². The van der Waals surface area contributed by atoms with Gasteiger partial charge in [-0.1, -0.05) is 29.3 Å². The number of anilines is 1. The summed E-state index contributed by atoms with van der Waals surface area (Å²) in [5, 5.41) is 11.4. The molecular formula is C25H22ClNO5. The van der Waals surface area contributed by atoms with Crippen LogP contribution in [-0.4, -0.2) is 23.9 Å². The number of carbonyl (C=O) groups excluding carboxylic acids is 2. The van der Waals surface area contributed by atoms with Crippen LogP contribution >= 0.6 is 11.6 Å². The Labute approximate surface area is 190 Å². The zero-order valence-electron chi connectivity index (χ0n) is 18.1. The van der Waals surface area contributed by atoms with E-state index in [4.69, 9.17) is 20.8 Å². The van der Waals surface area contributed by atoms with Gasteiger partial charge in [-0.2, -0.15) is 0 Å². The first kappa shape index (κ1) is 21.7. The molecule has 4 rings (SSSR count). The summed E-state index contributed by atoms with van der Waals surface area (Å²) in [5.41, 5.74) is 2.66. The highest BCUT2D eigenvalue weighted by molar-refractivity contribution is 6.51. The molecule has 0 radical (unpaired) electrons. The smallest absolute Gasteiger partial charge is 0.300 e. The average molecular weight is 452 g/mol. The standard InChI is InChI=1S/C25H22ClNO5/c1-13-5-8-18(14(2)11-13)27-22(20-9-6-15(3)32-20)21(24(29)25(27)30)23(28)16-7-10-19(31-4)17(26)12-16/h5-12,22,28H,1-4H3/b23-21-. The van der Waals surface area contributed by atoms with E-state index in [9.17, 15) is 14.7 Å². The fourth-order valence-electron chi connectivity index (χ4n) is 4.00. The lowest BCUT2D eigenvalue weighted by atomic mass is 9.98. The second-order valence-corrected chi connectivity index (χ2v) is 8.16. The molecule has 2 aromatic carbocycles. The van der Waals surface area contributed by atoms with Crippen LogP contribution in [0.3, 0.4) is 0 Å². The Balaban J connectivity index is 1.95. The monoisotopic (exact) mass is 451 g/mol. The third kappa shape index (κ3) is 3.56. The van der Waals surface area contributed by atoms with Crippen LogP contribution in [0.25, 0.3) is 5.76 Å². The van der Waals surface area contributed by atoms with Gasteiger partial charge in [-0.3, -0.25) is 14.5 Å². The van der Waals surface area contributed by atoms with E-state index in [1.165, 1.54) is 18.1 Å². The number of halogens is 1. The minimum absolute atomic E-state index is 0.0643. The number of carbonyl (C=O) groups is 2. The van der Waals surface area contributed by atoms with Gasteiger partial charge in [0.2, 0.25) is 0 Å². The quantitative estimate of drug-likeness (QED) is 0.322. The minimum Gasteiger partial charge on any atom is -0.507 e. The van der Waals surface area contributed by atoms with E-state index >= 15 is 0 Å². The number of benzene rings is 2. The van der Waals surface area contributed by atoms with E-state index in [1.807, 2.05) is 26.0 Å². The van der Waals surface area contributed by atoms with Gasteiger partial charge in [0.15, 0.2) is 0 Å². The van der Waals surface area contributed by atoms with E-state index < -0.39 is 17.7 Å². The lowest BCUT2D eigenvalue weighted by molar-refractivity contribution is -0.132. The van der Waals surface area contributed by atoms with Gasteiger partial charge in [-0.15, -0.1) is 0 Å². The molecule has 0 saturated carbocycles. The number of aliphatic hydroxyl groups excluding tert-OH is 1. The number of nitrogens with zero attached hydrogens (tertiary/aromatic N) is 1. The van der Waals surface area contributed by atoms with Crippen molar-refractivity contribution in [3.63, 3.8) is 0 Å². The third-order valence-electron chi connectivity index (χ3n) is 5.51. The minimum atomic E-state index is -0.925. The van der Waals surface area contributed by atoms with Gasteiger partial charge in [-0.25, -0.2) is 0 Å². The second kappa shape index (κ2) is 8.20. The number of Topliss-reactive ketones (excluding diaryl/α,β-unsaturated/α-hetero) is 1. The number of ketones is 1. The summed E-state index contributed by atoms with van der Waals surface area (Å²) in [5.74, 6) is -0.441. The summed E-state index contributed by atoms with van der Waals surface area (Å²) in [4.78, 5) is 27.7. The molecule has 1 aliphatic rings. The first-order valence-electron chi connectivity index (χ1n) is 10.0. The van der Waals surface area contributed by atoms with Gasteiger partial charge in [-0.05, 0) is 62.7 Å². The SMILES string of the molecule is COc1ccc(/C(O)=C2/C(=O)C(=O)N(c3ccc(C)cc3C)C2c2ccc(C)o2)cc1Cl. The fourth-order valence-corrected chi connectivity index (χ4v) is 4.25. The lowest BCUT2D eigenvalue weighted by Gasteiger charge is -2.25. The van der Waals surface area contributed by atoms with Crippen molar-refractivity contribution in [3.8, 4) is 5.75 Å². The molecule has 2 heterocycles. The van der Waals surface area contributed by atoms with E-state index in [2.05, 4.69) is 0 Å². The molecule has 0 aliphatic carbocycles. The molecule has 0 bridgehead atoms. The summed E-state index contributed by atoms with van der Waals surface area (Å²) in [6.45, 7) is 5.59. The fraction of sp³-hybridized carbons (Fsp3) is 0.200. The van der Waals surface area contributed by atoms with Crippen LogP contribution in [0, 0.1) is 20.8 Å². The Kier molecular flexibility index (Phi) is 5.57. The van der Waals surface area contributed by atoms with E-state index in [1.54, 1.807) is 37.3 Å². The predicted octanol–water partition coefficient (Wildman–Crippen LogP) is 5.49. The Morgan fingerprint density at radius 1 is 1.06 bits per heavy atom. The maximum absolute atomic E-state index is 13.2. The van der Waals surface area contributed by atoms with Crippen molar-refractivity contribution in [1.29, 1.82) is 0 Å². The van der Waals surface area contributed by atoms with Crippen molar-refractivity contribution < 1.29 is 23.8 Å². The van der Waals surface area contributed by atoms with Crippen molar-refractivity contribution in [2.75, 3.05) is 12.0 Å². The number of methoxy groups -OCH3 is 1. The van der Waals surface area contributed by atoms with Crippen LogP contribution in [0.4, 0.5) is 5.69 Å². The van der Waals surface area contributed by atoms with Crippen LogP contribution in [0.5, 0.6) is 5.75 Å². The predicted molar refractivity (Wildman–Crippen MR) is 122 cm³/mol. The Morgan fingerprint density at radius 3 is 2.41 bits per heavy atom. The molecule has 1 atom stereocenters. The molecule has 0 spiro atoms. The molecular weight excluding hydrogens is 430 g/mol. The van der Waals surface area contributed by atoms with Crippen LogP contribution in [0.1, 0.15) is 34.3 Å². The molecule has 32 heavy (non-hydrogen) atoms. The van der Waals surface area contributed by atoms with Crippen LogP contribution in [-0.2, 0) is 9.59 Å². The summed E-state index contributed by atoms with van der Waals surface area (Å²) in [7, 11) is 1.48. The maximum atomic E-state index is 13.2. The van der Waals surface area contributed by atoms with Gasteiger partial charge in [0.25, 0.3) is 11.7 Å². The van der Waals surface area contributed by atoms with Crippen molar-refractivity contribution >= 4 is 34.7 Å². The van der Waals surface area contributed by atoms with Gasteiger partial charge >= 0.3 is 0 Å². The summed E-state index contributed by atoms with van der Waals surface area (Å²) in [6, 6.07) is 12.8. The lowest BCUT2D eigenvalue weighted by Crippen LogP contribution is -2.30. The Morgan fingerprint density at radius 2 is 1.81 bits per heavy atom. The maximum Gasteiger partial charge on any atom is 0.300 e. The van der Waals surface area contributed by atoms with Crippen molar-refractivity contribution in [2.45, 2.75) is 26.8 Å². The zero-order chi connectivity index (χ0) is 23.2. The number of amides is 1. The van der Waals surface area contributed by atoms with E-state index in [0.29, 0.717) is 28.5 Å². The largest absolute Gasteiger partial charge is 0.507 e. The molecule has 1 unspecified atom stereocenters. The number of rotatable bonds is 4. The zero-order valence-corrected chi connectivity index (χ0v) is 18.9. The van der Waals surface area contributed by atoms with Crippen molar-refractivity contribution in [2.24, 2.45) is 0 Å². The second-order valence-electron chi connectivity index (χ2n) is 7.76. The topological polar surface area (TPSA) is 80.0 Å². The number of hydrogen-bond donors (Lipinski definition) is 1. The first-order valence-corrected chi connectivity index (χ1v) is 10.4. The molecule has 1 amide bonds. The number of hydrogen-bond acceptors (Lipinski definition) is 5. The normalized spacial score (nSPS) is 17.8.